The Balaban J connectivity index is 2.12. The van der Waals surface area contributed by atoms with Crippen molar-refractivity contribution in [3.8, 4) is 6.07 Å². The van der Waals surface area contributed by atoms with Gasteiger partial charge in [0.15, 0.2) is 0 Å². The van der Waals surface area contributed by atoms with Crippen LogP contribution in [0, 0.1) is 25.2 Å². The molecule has 0 radical (unpaired) electrons. The average Bonchev–Trinajstić information content (AvgIpc) is 3.18. The van der Waals surface area contributed by atoms with E-state index in [9.17, 15) is 14.9 Å². The number of rotatable bonds is 8. The zero-order valence-corrected chi connectivity index (χ0v) is 15.8. The Morgan fingerprint density at radius 3 is 2.77 bits per heavy atom. The molecule has 2 aromatic rings. The van der Waals surface area contributed by atoms with Gasteiger partial charge in [-0.3, -0.25) is 9.59 Å². The fraction of sp³-hybridized carbons (Fsp3) is 0.389. The molecular formula is C18H21N3O4S. The molecule has 0 aliphatic heterocycles. The number of nitriles is 1. The third-order valence-corrected chi connectivity index (χ3v) is 4.76. The maximum Gasteiger partial charge on any atom is 0.315 e. The summed E-state index contributed by atoms with van der Waals surface area (Å²) in [5.41, 5.74) is 2.12. The van der Waals surface area contributed by atoms with Gasteiger partial charge in [0.25, 0.3) is 0 Å². The molecule has 8 heteroatoms. The van der Waals surface area contributed by atoms with Crippen LogP contribution in [0.15, 0.2) is 22.8 Å². The number of aromatic nitrogens is 1. The molecule has 0 fully saturated rings. The number of amides is 1. The zero-order chi connectivity index (χ0) is 19.1. The summed E-state index contributed by atoms with van der Waals surface area (Å²) in [5.74, 6) is 0.733. The molecule has 0 aromatic carbocycles. The Kier molecular flexibility index (Phi) is 6.92. The zero-order valence-electron chi connectivity index (χ0n) is 15.0. The van der Waals surface area contributed by atoms with Crippen LogP contribution in [0.3, 0.4) is 0 Å². The van der Waals surface area contributed by atoms with E-state index in [0.29, 0.717) is 24.5 Å². The van der Waals surface area contributed by atoms with Crippen LogP contribution in [0.1, 0.15) is 29.5 Å². The molecule has 1 amide bonds. The van der Waals surface area contributed by atoms with Crippen LogP contribution in [0.4, 0.5) is 5.82 Å². The van der Waals surface area contributed by atoms with Gasteiger partial charge in [-0.05, 0) is 38.5 Å². The van der Waals surface area contributed by atoms with Gasteiger partial charge >= 0.3 is 5.97 Å². The summed E-state index contributed by atoms with van der Waals surface area (Å²) < 4.78 is 12.1. The molecular weight excluding hydrogens is 354 g/mol. The van der Waals surface area contributed by atoms with Crippen LogP contribution in [-0.4, -0.2) is 34.6 Å². The Morgan fingerprint density at radius 2 is 2.15 bits per heavy atom. The van der Waals surface area contributed by atoms with E-state index >= 15 is 0 Å². The van der Waals surface area contributed by atoms with E-state index in [1.807, 2.05) is 24.5 Å². The predicted octanol–water partition coefficient (Wildman–Crippen LogP) is 2.85. The molecule has 0 atom stereocenters. The highest BCUT2D eigenvalue weighted by Crippen LogP contribution is 2.27. The van der Waals surface area contributed by atoms with Crippen LogP contribution in [0.25, 0.3) is 0 Å². The topological polar surface area (TPSA) is 97.3 Å². The number of furan rings is 1. The third-order valence-electron chi connectivity index (χ3n) is 3.85. The molecule has 7 nitrogen and oxygen atoms in total. The molecule has 2 heterocycles. The first-order chi connectivity index (χ1) is 12.5. The number of carbonyl (C=O) groups excluding carboxylic acids is 2. The fourth-order valence-electron chi connectivity index (χ4n) is 2.48. The summed E-state index contributed by atoms with van der Waals surface area (Å²) in [5, 5.41) is 12.3. The first-order valence-corrected chi connectivity index (χ1v) is 9.28. The lowest BCUT2D eigenvalue weighted by Gasteiger charge is -2.12. The van der Waals surface area contributed by atoms with E-state index in [4.69, 9.17) is 9.15 Å². The first kappa shape index (κ1) is 19.7. The number of thioether (sulfide) groups is 1. The lowest BCUT2D eigenvalue weighted by molar-refractivity contribution is -0.139. The van der Waals surface area contributed by atoms with Crippen molar-refractivity contribution >= 4 is 29.5 Å². The Labute approximate surface area is 156 Å². The van der Waals surface area contributed by atoms with Crippen molar-refractivity contribution in [1.82, 2.24) is 4.57 Å². The van der Waals surface area contributed by atoms with Gasteiger partial charge in [0.1, 0.15) is 17.6 Å². The maximum absolute atomic E-state index is 12.3. The van der Waals surface area contributed by atoms with Crippen molar-refractivity contribution in [2.24, 2.45) is 0 Å². The summed E-state index contributed by atoms with van der Waals surface area (Å²) in [6.45, 7) is 6.20. The standard InChI is InChI=1S/C18H21N3O4S/c1-4-24-17(23)11-26-10-16(22)20-18-15(8-19)12(2)13(3)21(18)9-14-6-5-7-25-14/h5-7H,4,9-11H2,1-3H3,(H,20,22). The van der Waals surface area contributed by atoms with Gasteiger partial charge in [0.2, 0.25) is 5.91 Å². The van der Waals surface area contributed by atoms with Gasteiger partial charge in [-0.2, -0.15) is 5.26 Å². The van der Waals surface area contributed by atoms with Crippen molar-refractivity contribution in [3.05, 3.63) is 41.0 Å². The molecule has 138 valence electrons. The van der Waals surface area contributed by atoms with Gasteiger partial charge in [0, 0.05) is 5.69 Å². The van der Waals surface area contributed by atoms with Gasteiger partial charge in [0.05, 0.1) is 36.5 Å². The quantitative estimate of drug-likeness (QED) is 0.713. The highest BCUT2D eigenvalue weighted by atomic mass is 32.2. The van der Waals surface area contributed by atoms with E-state index < -0.39 is 0 Å². The van der Waals surface area contributed by atoms with Crippen molar-refractivity contribution in [1.29, 1.82) is 5.26 Å². The third kappa shape index (κ3) is 4.70. The summed E-state index contributed by atoms with van der Waals surface area (Å²) in [4.78, 5) is 23.6. The lowest BCUT2D eigenvalue weighted by atomic mass is 10.2. The van der Waals surface area contributed by atoms with Crippen molar-refractivity contribution in [3.63, 3.8) is 0 Å². The van der Waals surface area contributed by atoms with E-state index in [1.54, 1.807) is 19.3 Å². The minimum absolute atomic E-state index is 0.0910. The molecule has 0 spiro atoms. The van der Waals surface area contributed by atoms with Gasteiger partial charge < -0.3 is 19.0 Å². The van der Waals surface area contributed by atoms with Gasteiger partial charge in [-0.25, -0.2) is 0 Å². The number of nitrogens with one attached hydrogen (secondary N) is 1. The molecule has 26 heavy (non-hydrogen) atoms. The molecule has 0 aliphatic rings. The fourth-order valence-corrected chi connectivity index (χ4v) is 3.09. The highest BCUT2D eigenvalue weighted by Gasteiger charge is 2.20. The number of ether oxygens (including phenoxy) is 1. The molecule has 2 rings (SSSR count). The molecule has 1 N–H and O–H groups in total. The number of anilines is 1. The second-order valence-corrected chi connectivity index (χ2v) is 6.54. The normalized spacial score (nSPS) is 10.4. The number of nitrogens with zero attached hydrogens (tertiary/aromatic N) is 2. The number of esters is 1. The van der Waals surface area contributed by atoms with Crippen LogP contribution >= 0.6 is 11.8 Å². The second-order valence-electron chi connectivity index (χ2n) is 5.56. The summed E-state index contributed by atoms with van der Waals surface area (Å²) in [6.07, 6.45) is 1.58. The predicted molar refractivity (Wildman–Crippen MR) is 99.0 cm³/mol. The smallest absolute Gasteiger partial charge is 0.315 e. The van der Waals surface area contributed by atoms with E-state index in [0.717, 1.165) is 17.0 Å². The highest BCUT2D eigenvalue weighted by molar-refractivity contribution is 8.00. The van der Waals surface area contributed by atoms with E-state index in [2.05, 4.69) is 11.4 Å². The Bertz CT molecular complexity index is 819. The van der Waals surface area contributed by atoms with Crippen LogP contribution in [-0.2, 0) is 20.9 Å². The lowest BCUT2D eigenvalue weighted by Crippen LogP contribution is -2.19. The monoisotopic (exact) mass is 375 g/mol. The Morgan fingerprint density at radius 1 is 1.38 bits per heavy atom. The van der Waals surface area contributed by atoms with Crippen LogP contribution in [0.2, 0.25) is 0 Å². The van der Waals surface area contributed by atoms with Crippen LogP contribution in [0.5, 0.6) is 0 Å². The molecule has 0 saturated carbocycles. The molecule has 0 unspecified atom stereocenters. The average molecular weight is 375 g/mol. The molecule has 2 aromatic heterocycles. The molecule has 0 aliphatic carbocycles. The van der Waals surface area contributed by atoms with Crippen molar-refractivity contribution in [2.45, 2.75) is 27.3 Å². The van der Waals surface area contributed by atoms with E-state index in [1.165, 1.54) is 11.8 Å². The molecule has 0 bridgehead atoms. The van der Waals surface area contributed by atoms with Gasteiger partial charge in [-0.1, -0.05) is 0 Å². The summed E-state index contributed by atoms with van der Waals surface area (Å²) >= 11 is 1.17. The second kappa shape index (κ2) is 9.15. The summed E-state index contributed by atoms with van der Waals surface area (Å²) in [6, 6.07) is 5.78. The SMILES string of the molecule is CCOC(=O)CSCC(=O)Nc1c(C#N)c(C)c(C)n1Cc1ccco1. The summed E-state index contributed by atoms with van der Waals surface area (Å²) in [7, 11) is 0. The number of hydrogen-bond acceptors (Lipinski definition) is 6. The van der Waals surface area contributed by atoms with Crippen molar-refractivity contribution in [2.75, 3.05) is 23.4 Å². The molecule has 0 saturated heterocycles. The van der Waals surface area contributed by atoms with E-state index in [-0.39, 0.29) is 23.4 Å². The van der Waals surface area contributed by atoms with Gasteiger partial charge in [-0.15, -0.1) is 11.8 Å². The largest absolute Gasteiger partial charge is 0.467 e. The minimum Gasteiger partial charge on any atom is -0.467 e. The number of hydrogen-bond donors (Lipinski definition) is 1. The minimum atomic E-state index is -0.351. The van der Waals surface area contributed by atoms with Crippen molar-refractivity contribution < 1.29 is 18.7 Å². The Hall–Kier alpha value is -2.66. The first-order valence-electron chi connectivity index (χ1n) is 8.13. The maximum atomic E-state index is 12.3. The van der Waals surface area contributed by atoms with Crippen LogP contribution < -0.4 is 5.32 Å². The number of carbonyl (C=O) groups is 2.